The highest BCUT2D eigenvalue weighted by atomic mass is 32.2. The molecule has 2 N–H and O–H groups in total. The first-order chi connectivity index (χ1) is 9.19. The molecule has 0 amide bonds. The van der Waals surface area contributed by atoms with E-state index in [0.29, 0.717) is 6.42 Å². The molecule has 0 bridgehead atoms. The maximum Gasteiger partial charge on any atom is 0.316 e. The molecule has 1 fully saturated rings. The maximum absolute atomic E-state index is 11.1. The van der Waals surface area contributed by atoms with Gasteiger partial charge in [-0.25, -0.2) is 0 Å². The average Bonchev–Trinajstić information content (AvgIpc) is 3.21. The zero-order chi connectivity index (χ0) is 13.7. The number of carbonyl (C=O) groups is 1. The molecule has 1 aromatic rings. The molecule has 2 rings (SSSR count). The van der Waals surface area contributed by atoms with Crippen LogP contribution >= 0.6 is 11.8 Å². The molecule has 1 atom stereocenters. The van der Waals surface area contributed by atoms with Crippen molar-refractivity contribution < 1.29 is 9.90 Å². The van der Waals surface area contributed by atoms with E-state index in [1.165, 1.54) is 30.2 Å². The summed E-state index contributed by atoms with van der Waals surface area (Å²) in [5.74, 6) is -0.716. The molecular weight excluding hydrogens is 258 g/mol. The highest BCUT2D eigenvalue weighted by Crippen LogP contribution is 2.27. The number of hydrogen-bond donors (Lipinski definition) is 2. The summed E-state index contributed by atoms with van der Waals surface area (Å²) >= 11 is 1.45. The van der Waals surface area contributed by atoms with Crippen LogP contribution in [0.5, 0.6) is 0 Å². The van der Waals surface area contributed by atoms with Crippen molar-refractivity contribution in [1.82, 2.24) is 5.32 Å². The molecule has 4 heteroatoms. The van der Waals surface area contributed by atoms with E-state index in [0.717, 1.165) is 23.9 Å². The average molecular weight is 279 g/mol. The molecule has 0 aliphatic heterocycles. The molecule has 1 unspecified atom stereocenters. The van der Waals surface area contributed by atoms with E-state index in [9.17, 15) is 4.79 Å². The fraction of sp³-hybridized carbons (Fsp3) is 0.533. The first-order valence-electron chi connectivity index (χ1n) is 6.91. The minimum absolute atomic E-state index is 0.333. The SMILES string of the molecule is CCCC(Sc1ccc(CNC2CC2)cc1)C(=O)O. The van der Waals surface area contributed by atoms with Crippen LogP contribution in [-0.4, -0.2) is 22.4 Å². The van der Waals surface area contributed by atoms with E-state index >= 15 is 0 Å². The van der Waals surface area contributed by atoms with Gasteiger partial charge in [-0.15, -0.1) is 11.8 Å². The molecule has 0 spiro atoms. The minimum atomic E-state index is -0.716. The van der Waals surface area contributed by atoms with Crippen molar-refractivity contribution in [3.8, 4) is 0 Å². The molecule has 0 heterocycles. The van der Waals surface area contributed by atoms with Crippen molar-refractivity contribution in [3.63, 3.8) is 0 Å². The number of hydrogen-bond acceptors (Lipinski definition) is 3. The van der Waals surface area contributed by atoms with Gasteiger partial charge in [-0.1, -0.05) is 25.5 Å². The third kappa shape index (κ3) is 4.88. The summed E-state index contributed by atoms with van der Waals surface area (Å²) in [5.41, 5.74) is 1.26. The minimum Gasteiger partial charge on any atom is -0.480 e. The molecule has 104 valence electrons. The Balaban J connectivity index is 1.87. The van der Waals surface area contributed by atoms with Crippen LogP contribution in [0.25, 0.3) is 0 Å². The van der Waals surface area contributed by atoms with E-state index in [1.807, 2.05) is 19.1 Å². The second-order valence-corrected chi connectivity index (χ2v) is 6.31. The summed E-state index contributed by atoms with van der Waals surface area (Å²) in [6.07, 6.45) is 4.20. The molecule has 1 saturated carbocycles. The van der Waals surface area contributed by atoms with E-state index in [4.69, 9.17) is 5.11 Å². The van der Waals surface area contributed by atoms with Gasteiger partial charge < -0.3 is 10.4 Å². The van der Waals surface area contributed by atoms with Crippen LogP contribution in [0.2, 0.25) is 0 Å². The number of thioether (sulfide) groups is 1. The second kappa shape index (κ2) is 6.96. The predicted molar refractivity (Wildman–Crippen MR) is 78.5 cm³/mol. The van der Waals surface area contributed by atoms with Gasteiger partial charge >= 0.3 is 5.97 Å². The highest BCUT2D eigenvalue weighted by molar-refractivity contribution is 8.00. The number of carboxylic acids is 1. The highest BCUT2D eigenvalue weighted by Gasteiger charge is 2.20. The van der Waals surface area contributed by atoms with Crippen LogP contribution in [0.3, 0.4) is 0 Å². The number of rotatable bonds is 8. The molecule has 0 radical (unpaired) electrons. The molecule has 1 aliphatic carbocycles. The van der Waals surface area contributed by atoms with Crippen LogP contribution < -0.4 is 5.32 Å². The summed E-state index contributed by atoms with van der Waals surface area (Å²) < 4.78 is 0. The standard InChI is InChI=1S/C15H21NO2S/c1-2-3-14(15(17)18)19-13-8-4-11(5-9-13)10-16-12-6-7-12/h4-5,8-9,12,14,16H,2-3,6-7,10H2,1H3,(H,17,18). The van der Waals surface area contributed by atoms with E-state index < -0.39 is 5.97 Å². The van der Waals surface area contributed by atoms with Gasteiger partial charge in [-0.05, 0) is 37.0 Å². The fourth-order valence-electron chi connectivity index (χ4n) is 1.89. The van der Waals surface area contributed by atoms with Gasteiger partial charge in [-0.3, -0.25) is 4.79 Å². The smallest absolute Gasteiger partial charge is 0.316 e. The van der Waals surface area contributed by atoms with Gasteiger partial charge in [0.15, 0.2) is 0 Å². The van der Waals surface area contributed by atoms with Crippen LogP contribution in [0.1, 0.15) is 38.2 Å². The summed E-state index contributed by atoms with van der Waals surface area (Å²) in [6.45, 7) is 2.93. The number of carboxylic acid groups (broad SMARTS) is 1. The Bertz CT molecular complexity index is 415. The largest absolute Gasteiger partial charge is 0.480 e. The van der Waals surface area contributed by atoms with Gasteiger partial charge in [0.05, 0.1) is 0 Å². The zero-order valence-electron chi connectivity index (χ0n) is 11.3. The van der Waals surface area contributed by atoms with E-state index in [1.54, 1.807) is 0 Å². The Labute approximate surface area is 118 Å². The zero-order valence-corrected chi connectivity index (χ0v) is 12.1. The molecule has 1 aliphatic rings. The van der Waals surface area contributed by atoms with Gasteiger partial charge in [0.25, 0.3) is 0 Å². The monoisotopic (exact) mass is 279 g/mol. The van der Waals surface area contributed by atoms with Gasteiger partial charge in [0.2, 0.25) is 0 Å². The topological polar surface area (TPSA) is 49.3 Å². The predicted octanol–water partition coefficient (Wildman–Crippen LogP) is 3.28. The summed E-state index contributed by atoms with van der Waals surface area (Å²) in [6, 6.07) is 8.95. The Kier molecular flexibility index (Phi) is 5.28. The van der Waals surface area contributed by atoms with Crippen molar-refractivity contribution in [3.05, 3.63) is 29.8 Å². The summed E-state index contributed by atoms with van der Waals surface area (Å²) in [7, 11) is 0. The van der Waals surface area contributed by atoms with E-state index in [2.05, 4.69) is 17.4 Å². The Morgan fingerprint density at radius 1 is 1.42 bits per heavy atom. The molecule has 1 aromatic carbocycles. The van der Waals surface area contributed by atoms with Crippen molar-refractivity contribution in [2.45, 2.75) is 55.3 Å². The van der Waals surface area contributed by atoms with Crippen LogP contribution in [0, 0.1) is 0 Å². The Hall–Kier alpha value is -1.00. The van der Waals surface area contributed by atoms with Crippen molar-refractivity contribution in [2.75, 3.05) is 0 Å². The normalized spacial score (nSPS) is 16.3. The Morgan fingerprint density at radius 3 is 2.63 bits per heavy atom. The lowest BCUT2D eigenvalue weighted by Gasteiger charge is -2.11. The van der Waals surface area contributed by atoms with E-state index in [-0.39, 0.29) is 5.25 Å². The van der Waals surface area contributed by atoms with Gasteiger partial charge in [-0.2, -0.15) is 0 Å². The molecule has 3 nitrogen and oxygen atoms in total. The third-order valence-corrected chi connectivity index (χ3v) is 4.47. The third-order valence-electron chi connectivity index (χ3n) is 3.20. The number of aliphatic carboxylic acids is 1. The van der Waals surface area contributed by atoms with Crippen LogP contribution in [-0.2, 0) is 11.3 Å². The molecular formula is C15H21NO2S. The number of benzene rings is 1. The first-order valence-corrected chi connectivity index (χ1v) is 7.78. The molecule has 0 saturated heterocycles. The number of nitrogens with one attached hydrogen (secondary N) is 1. The second-order valence-electron chi connectivity index (χ2n) is 5.03. The van der Waals surface area contributed by atoms with Gasteiger partial charge in [0, 0.05) is 17.5 Å². The van der Waals surface area contributed by atoms with Crippen LogP contribution in [0.15, 0.2) is 29.2 Å². The summed E-state index contributed by atoms with van der Waals surface area (Å²) in [5, 5.41) is 12.3. The Morgan fingerprint density at radius 2 is 2.11 bits per heavy atom. The van der Waals surface area contributed by atoms with Crippen molar-refractivity contribution in [1.29, 1.82) is 0 Å². The molecule has 19 heavy (non-hydrogen) atoms. The fourth-order valence-corrected chi connectivity index (χ4v) is 2.97. The maximum atomic E-state index is 11.1. The lowest BCUT2D eigenvalue weighted by molar-refractivity contribution is -0.136. The lowest BCUT2D eigenvalue weighted by Crippen LogP contribution is -2.16. The van der Waals surface area contributed by atoms with Gasteiger partial charge in [0.1, 0.15) is 5.25 Å². The van der Waals surface area contributed by atoms with Crippen LogP contribution in [0.4, 0.5) is 0 Å². The van der Waals surface area contributed by atoms with Crippen molar-refractivity contribution in [2.24, 2.45) is 0 Å². The quantitative estimate of drug-likeness (QED) is 0.717. The first kappa shape index (κ1) is 14.4. The summed E-state index contributed by atoms with van der Waals surface area (Å²) in [4.78, 5) is 12.2. The molecule has 0 aromatic heterocycles. The van der Waals surface area contributed by atoms with Crippen molar-refractivity contribution >= 4 is 17.7 Å². The lowest BCUT2D eigenvalue weighted by atomic mass is 10.2.